The van der Waals surface area contributed by atoms with E-state index in [2.05, 4.69) is 20.7 Å². The highest BCUT2D eigenvalue weighted by atomic mass is 79.9. The lowest BCUT2D eigenvalue weighted by atomic mass is 10.1. The molecule has 0 aliphatic carbocycles. The highest BCUT2D eigenvalue weighted by molar-refractivity contribution is 9.10. The van der Waals surface area contributed by atoms with Gasteiger partial charge in [0.25, 0.3) is 5.91 Å². The van der Waals surface area contributed by atoms with Gasteiger partial charge in [0.15, 0.2) is 0 Å². The highest BCUT2D eigenvalue weighted by Gasteiger charge is 2.38. The van der Waals surface area contributed by atoms with Crippen LogP contribution in [-0.4, -0.2) is 27.4 Å². The second-order valence-electron chi connectivity index (χ2n) is 8.07. The maximum atomic E-state index is 13.4. The van der Waals surface area contributed by atoms with Crippen LogP contribution in [0.5, 0.6) is 0 Å². The Bertz CT molecular complexity index is 1500. The maximum Gasteiger partial charge on any atom is 0.340 e. The molecular weight excluding hydrogens is 548 g/mol. The molecular formula is C26H23BrN2O6S. The average molecular weight is 571 g/mol. The molecule has 1 amide bonds. The quantitative estimate of drug-likeness (QED) is 0.326. The standard InChI is InChI=1S/C26H23BrN2O6S/c1-16-7-11-22(12-8-16)36(32,33)28-15-21-10-9-20(35-21)14-23-24(26(31)34-3)17(2)29(25(23)30)19-6-4-5-18(27)13-19/h4-14,28H,15H2,1-3H3/b23-14+. The summed E-state index contributed by atoms with van der Waals surface area (Å²) in [6.45, 7) is 3.45. The number of rotatable bonds is 7. The Labute approximate surface area is 217 Å². The van der Waals surface area contributed by atoms with E-state index >= 15 is 0 Å². The Morgan fingerprint density at radius 2 is 1.83 bits per heavy atom. The van der Waals surface area contributed by atoms with Crippen LogP contribution in [-0.2, 0) is 30.9 Å². The second-order valence-corrected chi connectivity index (χ2v) is 10.8. The monoisotopic (exact) mass is 570 g/mol. The number of sulfonamides is 1. The predicted molar refractivity (Wildman–Crippen MR) is 138 cm³/mol. The molecule has 0 spiro atoms. The Kier molecular flexibility index (Phi) is 7.30. The van der Waals surface area contributed by atoms with E-state index in [9.17, 15) is 18.0 Å². The number of ether oxygens (including phenoxy) is 1. The van der Waals surface area contributed by atoms with E-state index < -0.39 is 21.9 Å². The number of hydrogen-bond donors (Lipinski definition) is 1. The van der Waals surface area contributed by atoms with E-state index in [-0.39, 0.29) is 28.3 Å². The molecule has 0 atom stereocenters. The third-order valence-electron chi connectivity index (χ3n) is 5.59. The number of halogens is 1. The Hall–Kier alpha value is -3.47. The summed E-state index contributed by atoms with van der Waals surface area (Å²) in [6.07, 6.45) is 1.45. The van der Waals surface area contributed by atoms with Crippen molar-refractivity contribution in [3.05, 3.63) is 99.1 Å². The van der Waals surface area contributed by atoms with E-state index in [1.807, 2.05) is 13.0 Å². The average Bonchev–Trinajstić information content (AvgIpc) is 3.39. The molecule has 186 valence electrons. The number of furan rings is 1. The van der Waals surface area contributed by atoms with Gasteiger partial charge in [0, 0.05) is 10.2 Å². The van der Waals surface area contributed by atoms with Gasteiger partial charge in [-0.15, -0.1) is 0 Å². The zero-order chi connectivity index (χ0) is 26.0. The summed E-state index contributed by atoms with van der Waals surface area (Å²) in [5.41, 5.74) is 2.20. The molecule has 0 saturated carbocycles. The molecule has 2 heterocycles. The van der Waals surface area contributed by atoms with Crippen molar-refractivity contribution < 1.29 is 27.2 Å². The van der Waals surface area contributed by atoms with Crippen molar-refractivity contribution in [1.29, 1.82) is 0 Å². The van der Waals surface area contributed by atoms with Crippen LogP contribution in [0.25, 0.3) is 6.08 Å². The van der Waals surface area contributed by atoms with Crippen LogP contribution in [0.3, 0.4) is 0 Å². The molecule has 0 bridgehead atoms. The van der Waals surface area contributed by atoms with E-state index in [0.29, 0.717) is 17.1 Å². The number of benzene rings is 2. The summed E-state index contributed by atoms with van der Waals surface area (Å²) in [5, 5.41) is 0. The first-order valence-corrected chi connectivity index (χ1v) is 13.1. The third kappa shape index (κ3) is 5.20. The van der Waals surface area contributed by atoms with Crippen molar-refractivity contribution in [3.63, 3.8) is 0 Å². The first-order valence-electron chi connectivity index (χ1n) is 10.9. The predicted octanol–water partition coefficient (Wildman–Crippen LogP) is 4.71. The van der Waals surface area contributed by atoms with Crippen LogP contribution in [0, 0.1) is 6.92 Å². The molecule has 36 heavy (non-hydrogen) atoms. The van der Waals surface area contributed by atoms with Gasteiger partial charge < -0.3 is 9.15 Å². The minimum Gasteiger partial charge on any atom is -0.465 e. The van der Waals surface area contributed by atoms with Gasteiger partial charge in [-0.3, -0.25) is 9.69 Å². The zero-order valence-electron chi connectivity index (χ0n) is 19.7. The minimum absolute atomic E-state index is 0.0871. The first-order chi connectivity index (χ1) is 17.1. The molecule has 10 heteroatoms. The number of carbonyl (C=O) groups excluding carboxylic acids is 2. The maximum absolute atomic E-state index is 13.4. The fourth-order valence-corrected chi connectivity index (χ4v) is 5.16. The van der Waals surface area contributed by atoms with Crippen LogP contribution in [0.2, 0.25) is 0 Å². The number of amides is 1. The summed E-state index contributed by atoms with van der Waals surface area (Å²) in [6, 6.07) is 16.8. The number of carbonyl (C=O) groups is 2. The molecule has 2 aromatic carbocycles. The largest absolute Gasteiger partial charge is 0.465 e. The van der Waals surface area contributed by atoms with Gasteiger partial charge in [0.2, 0.25) is 10.0 Å². The summed E-state index contributed by atoms with van der Waals surface area (Å²) in [5.74, 6) is -0.438. The van der Waals surface area contributed by atoms with Gasteiger partial charge in [0.1, 0.15) is 11.5 Å². The Morgan fingerprint density at radius 3 is 2.50 bits per heavy atom. The van der Waals surface area contributed by atoms with Gasteiger partial charge in [-0.2, -0.15) is 0 Å². The van der Waals surface area contributed by atoms with Crippen LogP contribution in [0.15, 0.2) is 91.3 Å². The molecule has 0 radical (unpaired) electrons. The van der Waals surface area contributed by atoms with Gasteiger partial charge in [-0.25, -0.2) is 17.9 Å². The van der Waals surface area contributed by atoms with Gasteiger partial charge in [0.05, 0.1) is 35.4 Å². The number of allylic oxidation sites excluding steroid dienone is 1. The molecule has 1 aliphatic rings. The summed E-state index contributed by atoms with van der Waals surface area (Å²) >= 11 is 3.40. The van der Waals surface area contributed by atoms with E-state index in [1.54, 1.807) is 49.4 Å². The number of hydrogen-bond acceptors (Lipinski definition) is 6. The molecule has 0 unspecified atom stereocenters. The topological polar surface area (TPSA) is 106 Å². The lowest BCUT2D eigenvalue weighted by Crippen LogP contribution is -2.24. The van der Waals surface area contributed by atoms with Gasteiger partial charge in [-0.05, 0) is 62.4 Å². The second kappa shape index (κ2) is 10.3. The van der Waals surface area contributed by atoms with E-state index in [1.165, 1.54) is 30.2 Å². The van der Waals surface area contributed by atoms with Gasteiger partial charge in [-0.1, -0.05) is 39.7 Å². The molecule has 1 aliphatic heterocycles. The Balaban J connectivity index is 1.60. The lowest BCUT2D eigenvalue weighted by molar-refractivity contribution is -0.136. The minimum atomic E-state index is -3.73. The van der Waals surface area contributed by atoms with E-state index in [4.69, 9.17) is 9.15 Å². The molecule has 0 saturated heterocycles. The summed E-state index contributed by atoms with van der Waals surface area (Å²) in [7, 11) is -2.48. The number of aryl methyl sites for hydroxylation is 1. The molecule has 8 nitrogen and oxygen atoms in total. The van der Waals surface area contributed by atoms with E-state index in [0.717, 1.165) is 10.0 Å². The van der Waals surface area contributed by atoms with Gasteiger partial charge >= 0.3 is 5.97 Å². The summed E-state index contributed by atoms with van der Waals surface area (Å²) in [4.78, 5) is 27.5. The molecule has 0 fully saturated rings. The number of nitrogens with one attached hydrogen (secondary N) is 1. The number of methoxy groups -OCH3 is 1. The molecule has 1 aromatic heterocycles. The first kappa shape index (κ1) is 25.6. The molecule has 1 N–H and O–H groups in total. The fourth-order valence-electron chi connectivity index (χ4n) is 3.78. The number of nitrogens with zero attached hydrogens (tertiary/aromatic N) is 1. The number of esters is 1. The SMILES string of the molecule is COC(=O)C1=C(C)N(c2cccc(Br)c2)C(=O)/C1=C/c1ccc(CNS(=O)(=O)c2ccc(C)cc2)o1. The van der Waals surface area contributed by atoms with Crippen LogP contribution >= 0.6 is 15.9 Å². The van der Waals surface area contributed by atoms with Crippen LogP contribution in [0.4, 0.5) is 5.69 Å². The number of anilines is 1. The highest BCUT2D eigenvalue weighted by Crippen LogP contribution is 2.36. The van der Waals surface area contributed by atoms with Crippen LogP contribution in [0.1, 0.15) is 24.0 Å². The third-order valence-corrected chi connectivity index (χ3v) is 7.50. The normalized spacial score (nSPS) is 15.2. The van der Waals surface area contributed by atoms with Crippen LogP contribution < -0.4 is 9.62 Å². The Morgan fingerprint density at radius 1 is 1.11 bits per heavy atom. The lowest BCUT2D eigenvalue weighted by Gasteiger charge is -2.18. The summed E-state index contributed by atoms with van der Waals surface area (Å²) < 4.78 is 39.1. The molecule has 3 aromatic rings. The van der Waals surface area contributed by atoms with Crippen molar-refractivity contribution in [3.8, 4) is 0 Å². The van der Waals surface area contributed by atoms with Crippen molar-refractivity contribution >= 4 is 49.6 Å². The fraction of sp³-hybridized carbons (Fsp3) is 0.154. The van der Waals surface area contributed by atoms with Crippen molar-refractivity contribution in [1.82, 2.24) is 4.72 Å². The van der Waals surface area contributed by atoms with Crippen molar-refractivity contribution in [2.45, 2.75) is 25.3 Å². The molecule has 4 rings (SSSR count). The zero-order valence-corrected chi connectivity index (χ0v) is 22.1. The van der Waals surface area contributed by atoms with Crippen molar-refractivity contribution in [2.75, 3.05) is 12.0 Å². The smallest absolute Gasteiger partial charge is 0.340 e. The van der Waals surface area contributed by atoms with Crippen molar-refractivity contribution in [2.24, 2.45) is 0 Å².